The van der Waals surface area contributed by atoms with Crippen LogP contribution in [0.25, 0.3) is 0 Å². The van der Waals surface area contributed by atoms with Gasteiger partial charge in [0.15, 0.2) is 0 Å². The van der Waals surface area contributed by atoms with Crippen molar-refractivity contribution in [2.75, 3.05) is 32.7 Å². The molecule has 5 rings (SSSR count). The Labute approximate surface area is 232 Å². The number of nitrogens with one attached hydrogen (secondary N) is 1. The Morgan fingerprint density at radius 1 is 1.00 bits per heavy atom. The summed E-state index contributed by atoms with van der Waals surface area (Å²) in [6.45, 7) is 8.74. The van der Waals surface area contributed by atoms with Gasteiger partial charge in [0.2, 0.25) is 11.8 Å². The summed E-state index contributed by atoms with van der Waals surface area (Å²) in [5, 5.41) is 8.21. The molecule has 39 heavy (non-hydrogen) atoms. The Morgan fingerprint density at radius 2 is 1.67 bits per heavy atom. The Kier molecular flexibility index (Phi) is 8.77. The maximum Gasteiger partial charge on any atom is 0.227 e. The van der Waals surface area contributed by atoms with Crippen LogP contribution in [0.4, 0.5) is 0 Å². The standard InChI is InChI=1S/C32H41N5O2/c1-3-37-31(21-29(34-37)20-25-10-6-4-7-11-25)27-14-17-35(18-15-27)19-16-30(26-12-8-5-9-13-26)33-32(39)28-22-36(23-28)24(2)38/h4-13,21,27-28,30H,3,14-20,22-23H2,1-2H3,(H,33,39)/t30-/m0/s1. The zero-order valence-electron chi connectivity index (χ0n) is 23.3. The van der Waals surface area contributed by atoms with Crippen molar-refractivity contribution in [3.63, 3.8) is 0 Å². The molecule has 0 radical (unpaired) electrons. The molecule has 1 aromatic heterocycles. The van der Waals surface area contributed by atoms with Crippen LogP contribution in [-0.4, -0.2) is 64.1 Å². The van der Waals surface area contributed by atoms with Crippen LogP contribution in [0.3, 0.4) is 0 Å². The molecule has 3 aromatic rings. The third-order valence-electron chi connectivity index (χ3n) is 8.35. The molecule has 0 bridgehead atoms. The van der Waals surface area contributed by atoms with Gasteiger partial charge in [0.1, 0.15) is 0 Å². The summed E-state index contributed by atoms with van der Waals surface area (Å²) in [5.41, 5.74) is 4.96. The van der Waals surface area contributed by atoms with Crippen molar-refractivity contribution >= 4 is 11.8 Å². The van der Waals surface area contributed by atoms with Crippen LogP contribution in [0.2, 0.25) is 0 Å². The number of carbonyl (C=O) groups is 2. The summed E-state index contributed by atoms with van der Waals surface area (Å²) in [6, 6.07) is 23.1. The number of carbonyl (C=O) groups excluding carboxylic acids is 2. The van der Waals surface area contributed by atoms with Gasteiger partial charge in [-0.3, -0.25) is 14.3 Å². The van der Waals surface area contributed by atoms with E-state index in [2.05, 4.69) is 70.4 Å². The number of aryl methyl sites for hydroxylation is 1. The van der Waals surface area contributed by atoms with E-state index in [1.807, 2.05) is 18.2 Å². The predicted molar refractivity (Wildman–Crippen MR) is 153 cm³/mol. The van der Waals surface area contributed by atoms with Crippen LogP contribution in [0, 0.1) is 5.92 Å². The van der Waals surface area contributed by atoms with E-state index in [0.29, 0.717) is 19.0 Å². The number of nitrogens with zero attached hydrogens (tertiary/aromatic N) is 4. The van der Waals surface area contributed by atoms with Gasteiger partial charge in [-0.2, -0.15) is 5.10 Å². The number of rotatable bonds is 10. The minimum Gasteiger partial charge on any atom is -0.349 e. The summed E-state index contributed by atoms with van der Waals surface area (Å²) in [6.07, 6.45) is 4.00. The first-order valence-corrected chi connectivity index (χ1v) is 14.4. The molecular weight excluding hydrogens is 486 g/mol. The summed E-state index contributed by atoms with van der Waals surface area (Å²) >= 11 is 0. The largest absolute Gasteiger partial charge is 0.349 e. The van der Waals surface area contributed by atoms with Crippen molar-refractivity contribution in [3.8, 4) is 0 Å². The van der Waals surface area contributed by atoms with Crippen LogP contribution in [-0.2, 0) is 22.6 Å². The van der Waals surface area contributed by atoms with Crippen molar-refractivity contribution in [2.45, 2.75) is 58.0 Å². The fraction of sp³-hybridized carbons (Fsp3) is 0.469. The van der Waals surface area contributed by atoms with E-state index >= 15 is 0 Å². The Hall–Kier alpha value is -3.45. The maximum atomic E-state index is 12.9. The fourth-order valence-corrected chi connectivity index (χ4v) is 5.92. The molecule has 2 amide bonds. The second-order valence-corrected chi connectivity index (χ2v) is 11.0. The van der Waals surface area contributed by atoms with Gasteiger partial charge < -0.3 is 15.1 Å². The molecule has 1 N–H and O–H groups in total. The van der Waals surface area contributed by atoms with E-state index in [1.165, 1.54) is 11.3 Å². The normalized spacial score (nSPS) is 17.5. The summed E-state index contributed by atoms with van der Waals surface area (Å²) in [7, 11) is 0. The summed E-state index contributed by atoms with van der Waals surface area (Å²) in [4.78, 5) is 28.7. The van der Waals surface area contributed by atoms with E-state index in [4.69, 9.17) is 5.10 Å². The molecule has 2 fully saturated rings. The number of benzene rings is 2. The lowest BCUT2D eigenvalue weighted by Crippen LogP contribution is -2.55. The topological polar surface area (TPSA) is 70.5 Å². The van der Waals surface area contributed by atoms with E-state index < -0.39 is 0 Å². The lowest BCUT2D eigenvalue weighted by Gasteiger charge is -2.38. The van der Waals surface area contributed by atoms with Crippen molar-refractivity contribution in [2.24, 2.45) is 5.92 Å². The van der Waals surface area contributed by atoms with E-state index in [-0.39, 0.29) is 23.8 Å². The quantitative estimate of drug-likeness (QED) is 0.424. The van der Waals surface area contributed by atoms with Gasteiger partial charge >= 0.3 is 0 Å². The van der Waals surface area contributed by atoms with E-state index in [9.17, 15) is 9.59 Å². The molecular formula is C32H41N5O2. The molecule has 2 aliphatic rings. The zero-order chi connectivity index (χ0) is 27.2. The minimum absolute atomic E-state index is 0.0233. The molecule has 2 aliphatic heterocycles. The van der Waals surface area contributed by atoms with Gasteiger partial charge in [0.25, 0.3) is 0 Å². The van der Waals surface area contributed by atoms with Gasteiger partial charge in [-0.15, -0.1) is 0 Å². The molecule has 0 spiro atoms. The van der Waals surface area contributed by atoms with Crippen molar-refractivity contribution in [1.29, 1.82) is 0 Å². The average Bonchev–Trinajstić information content (AvgIpc) is 3.34. The van der Waals surface area contributed by atoms with Crippen molar-refractivity contribution < 1.29 is 9.59 Å². The Bertz CT molecular complexity index is 1230. The third kappa shape index (κ3) is 6.77. The number of piperidine rings is 1. The Morgan fingerprint density at radius 3 is 2.31 bits per heavy atom. The lowest BCUT2D eigenvalue weighted by molar-refractivity contribution is -0.141. The fourth-order valence-electron chi connectivity index (χ4n) is 5.92. The Balaban J connectivity index is 1.15. The molecule has 1 atom stereocenters. The number of hydrogen-bond donors (Lipinski definition) is 1. The van der Waals surface area contributed by atoms with Crippen LogP contribution in [0.5, 0.6) is 0 Å². The minimum atomic E-state index is -0.106. The first kappa shape index (κ1) is 27.1. The first-order valence-electron chi connectivity index (χ1n) is 14.4. The molecule has 0 unspecified atom stereocenters. The van der Waals surface area contributed by atoms with E-state index in [1.54, 1.807) is 11.8 Å². The molecule has 2 aromatic carbocycles. The second kappa shape index (κ2) is 12.6. The SMILES string of the molecule is CCn1nc(Cc2ccccc2)cc1C1CCN(CC[C@H](NC(=O)C2CN(C(C)=O)C2)c2ccccc2)CC1. The monoisotopic (exact) mass is 527 g/mol. The zero-order valence-corrected chi connectivity index (χ0v) is 23.3. The van der Waals surface area contributed by atoms with Gasteiger partial charge in [0.05, 0.1) is 17.7 Å². The molecule has 206 valence electrons. The smallest absolute Gasteiger partial charge is 0.227 e. The molecule has 2 saturated heterocycles. The van der Waals surface area contributed by atoms with Crippen molar-refractivity contribution in [3.05, 3.63) is 89.2 Å². The van der Waals surface area contributed by atoms with Gasteiger partial charge in [-0.05, 0) is 56.5 Å². The molecule has 7 nitrogen and oxygen atoms in total. The van der Waals surface area contributed by atoms with E-state index in [0.717, 1.165) is 63.1 Å². The highest BCUT2D eigenvalue weighted by molar-refractivity contribution is 5.83. The average molecular weight is 528 g/mol. The third-order valence-corrected chi connectivity index (χ3v) is 8.35. The van der Waals surface area contributed by atoms with Crippen LogP contribution >= 0.6 is 0 Å². The van der Waals surface area contributed by atoms with Gasteiger partial charge in [-0.1, -0.05) is 60.7 Å². The maximum absolute atomic E-state index is 12.9. The number of amides is 2. The number of hydrogen-bond acceptors (Lipinski definition) is 4. The molecule has 3 heterocycles. The highest BCUT2D eigenvalue weighted by atomic mass is 16.2. The number of aromatic nitrogens is 2. The van der Waals surface area contributed by atoms with Gasteiger partial charge in [0, 0.05) is 51.1 Å². The summed E-state index contributed by atoms with van der Waals surface area (Å²) in [5.74, 6) is 0.521. The summed E-state index contributed by atoms with van der Waals surface area (Å²) < 4.78 is 2.20. The van der Waals surface area contributed by atoms with Crippen molar-refractivity contribution in [1.82, 2.24) is 24.9 Å². The molecule has 0 aliphatic carbocycles. The van der Waals surface area contributed by atoms with Gasteiger partial charge in [-0.25, -0.2) is 0 Å². The van der Waals surface area contributed by atoms with Crippen LogP contribution in [0.15, 0.2) is 66.7 Å². The molecule has 7 heteroatoms. The lowest BCUT2D eigenvalue weighted by atomic mass is 9.92. The highest BCUT2D eigenvalue weighted by Crippen LogP contribution is 2.30. The predicted octanol–water partition coefficient (Wildman–Crippen LogP) is 4.40. The molecule has 0 saturated carbocycles. The second-order valence-electron chi connectivity index (χ2n) is 11.0. The van der Waals surface area contributed by atoms with Crippen LogP contribution in [0.1, 0.15) is 67.6 Å². The highest BCUT2D eigenvalue weighted by Gasteiger charge is 2.35. The van der Waals surface area contributed by atoms with Crippen LogP contribution < -0.4 is 5.32 Å². The first-order chi connectivity index (χ1) is 19.0. The number of likely N-dealkylation sites (tertiary alicyclic amines) is 2.